The van der Waals surface area contributed by atoms with Crippen LogP contribution in [0.1, 0.15) is 84.6 Å². The summed E-state index contributed by atoms with van der Waals surface area (Å²) in [5.41, 5.74) is 1.22. The molecule has 2 aliphatic rings. The maximum Gasteiger partial charge on any atom is 0.228 e. The summed E-state index contributed by atoms with van der Waals surface area (Å²) in [6.45, 7) is 10.5. The van der Waals surface area contributed by atoms with Crippen molar-refractivity contribution in [3.63, 3.8) is 0 Å². The number of amides is 1. The zero-order chi connectivity index (χ0) is 22.0. The van der Waals surface area contributed by atoms with Crippen LogP contribution in [0, 0.1) is 11.3 Å². The molecule has 4 heteroatoms. The topological polar surface area (TPSA) is 37.4 Å². The van der Waals surface area contributed by atoms with Crippen molar-refractivity contribution in [2.45, 2.75) is 89.4 Å². The fourth-order valence-corrected chi connectivity index (χ4v) is 6.61. The first-order valence-corrected chi connectivity index (χ1v) is 13.7. The highest BCUT2D eigenvalue weighted by molar-refractivity contribution is 8.00. The van der Waals surface area contributed by atoms with Crippen molar-refractivity contribution < 1.29 is 9.00 Å². The molecule has 1 heterocycles. The van der Waals surface area contributed by atoms with Gasteiger partial charge in [0.25, 0.3) is 0 Å². The molecule has 1 aliphatic carbocycles. The van der Waals surface area contributed by atoms with E-state index in [1.54, 1.807) is 0 Å². The number of carbonyl (C=O) groups excluding carboxylic acids is 1. The summed E-state index contributed by atoms with van der Waals surface area (Å²) in [5, 5.41) is 0. The third-order valence-corrected chi connectivity index (χ3v) is 9.41. The summed E-state index contributed by atoms with van der Waals surface area (Å²) in [7, 11) is -2.26. The Labute approximate surface area is 184 Å². The van der Waals surface area contributed by atoms with E-state index in [0.717, 1.165) is 50.1 Å². The van der Waals surface area contributed by atoms with E-state index in [1.807, 2.05) is 12.1 Å². The number of piperidine rings is 1. The van der Waals surface area contributed by atoms with Crippen molar-refractivity contribution in [3.8, 4) is 0 Å². The molecule has 3 nitrogen and oxygen atoms in total. The van der Waals surface area contributed by atoms with Gasteiger partial charge in [-0.2, -0.15) is 0 Å². The number of hydrogen-bond donors (Lipinski definition) is 0. The van der Waals surface area contributed by atoms with E-state index in [9.17, 15) is 9.00 Å². The van der Waals surface area contributed by atoms with Gasteiger partial charge < -0.3 is 4.90 Å². The normalized spacial score (nSPS) is 22.5. The summed E-state index contributed by atoms with van der Waals surface area (Å²) in [6.07, 6.45) is 8.73. The molecular weight excluding hydrogens is 390 g/mol. The van der Waals surface area contributed by atoms with Gasteiger partial charge in [-0.3, -0.25) is 9.00 Å². The molecule has 0 radical (unpaired) electrons. The van der Waals surface area contributed by atoms with Crippen LogP contribution in [-0.4, -0.2) is 39.7 Å². The van der Waals surface area contributed by atoms with Gasteiger partial charge in [0, 0.05) is 29.2 Å². The maximum absolute atomic E-state index is 13.2. The van der Waals surface area contributed by atoms with E-state index in [4.69, 9.17) is 0 Å². The minimum Gasteiger partial charge on any atom is -0.342 e. The van der Waals surface area contributed by atoms with Gasteiger partial charge in [0.15, 0.2) is 0 Å². The van der Waals surface area contributed by atoms with Crippen molar-refractivity contribution in [2.24, 2.45) is 11.3 Å². The zero-order valence-corrected chi connectivity index (χ0v) is 20.4. The van der Waals surface area contributed by atoms with E-state index in [1.165, 1.54) is 24.8 Å². The smallest absolute Gasteiger partial charge is 0.228 e. The summed E-state index contributed by atoms with van der Waals surface area (Å²) < 4.78 is 13.2. The minimum atomic E-state index is -2.26. The third-order valence-electron chi connectivity index (χ3n) is 7.38. The van der Waals surface area contributed by atoms with Crippen LogP contribution in [-0.2, 0) is 19.7 Å². The van der Waals surface area contributed by atoms with Gasteiger partial charge in [-0.05, 0) is 76.5 Å². The van der Waals surface area contributed by atoms with Gasteiger partial charge >= 0.3 is 0 Å². The molecule has 0 spiro atoms. The third kappa shape index (κ3) is 5.49. The minimum absolute atomic E-state index is 0.0979. The van der Waals surface area contributed by atoms with Crippen molar-refractivity contribution in [2.75, 3.05) is 18.8 Å². The molecule has 1 unspecified atom stereocenters. The molecule has 30 heavy (non-hydrogen) atoms. The first kappa shape index (κ1) is 23.4. The average Bonchev–Trinajstić information content (AvgIpc) is 2.72. The molecule has 1 atom stereocenters. The molecule has 1 aromatic carbocycles. The lowest BCUT2D eigenvalue weighted by atomic mass is 9.74. The van der Waals surface area contributed by atoms with E-state index < -0.39 is 9.52 Å². The Balaban J connectivity index is 1.51. The zero-order valence-electron chi connectivity index (χ0n) is 19.5. The van der Waals surface area contributed by atoms with Crippen LogP contribution in [0.4, 0.5) is 0 Å². The van der Waals surface area contributed by atoms with E-state index in [0.29, 0.717) is 17.6 Å². The van der Waals surface area contributed by atoms with Gasteiger partial charge in [-0.1, -0.05) is 59.1 Å². The second kappa shape index (κ2) is 9.06. The van der Waals surface area contributed by atoms with Crippen LogP contribution in [0.15, 0.2) is 29.2 Å². The summed E-state index contributed by atoms with van der Waals surface area (Å²) in [6, 6.07) is 8.19. The largest absolute Gasteiger partial charge is 0.342 e. The highest BCUT2D eigenvalue weighted by atomic mass is 32.2. The number of rotatable bonds is 5. The summed E-state index contributed by atoms with van der Waals surface area (Å²) in [4.78, 5) is 16.0. The molecule has 168 valence electrons. The second-order valence-electron chi connectivity index (χ2n) is 10.9. The number of likely N-dealkylation sites (tertiary alicyclic amines) is 1. The first-order chi connectivity index (χ1) is 14.0. The highest BCUT2D eigenvalue weighted by Gasteiger charge is 2.38. The Kier molecular flexibility index (Phi) is 7.06. The number of benzene rings is 1. The van der Waals surface area contributed by atoms with Crippen LogP contribution in [0.3, 0.4) is 0 Å². The van der Waals surface area contributed by atoms with Gasteiger partial charge in [0.05, 0.1) is 0 Å². The quantitative estimate of drug-likeness (QED) is 0.564. The molecule has 0 aromatic heterocycles. The second-order valence-corrected chi connectivity index (χ2v) is 13.4. The highest BCUT2D eigenvalue weighted by Crippen LogP contribution is 2.38. The Hall–Kier alpha value is -1.29. The maximum atomic E-state index is 13.2. The number of nitrogens with zero attached hydrogens (tertiary/aromatic N) is 1. The van der Waals surface area contributed by atoms with Crippen molar-refractivity contribution in [3.05, 3.63) is 29.8 Å². The molecule has 1 aromatic rings. The van der Waals surface area contributed by atoms with E-state index in [2.05, 4.69) is 50.6 Å². The number of hydrogen-bond acceptors (Lipinski definition) is 2. The molecule has 1 amide bonds. The van der Waals surface area contributed by atoms with E-state index in [-0.39, 0.29) is 10.8 Å². The lowest BCUT2D eigenvalue weighted by molar-refractivity contribution is -0.144. The molecular formula is C26H41NO2S. The molecule has 1 aliphatic heterocycles. The standard InChI is InChI=1S/C26H41NO2S/c1-25(2,3)22-9-11-23(12-10-22)30(5,29)20-15-21-13-18-27(19-14-21)24(28)26(4)16-7-6-8-17-26/h9-12,21H,5-8,13-20H2,1-4H3. The summed E-state index contributed by atoms with van der Waals surface area (Å²) in [5.74, 6) is 5.65. The first-order valence-electron chi connectivity index (χ1n) is 11.8. The molecule has 1 saturated heterocycles. The van der Waals surface area contributed by atoms with Gasteiger partial charge in [-0.15, -0.1) is 0 Å². The molecule has 1 saturated carbocycles. The van der Waals surface area contributed by atoms with Gasteiger partial charge in [0.2, 0.25) is 5.91 Å². The van der Waals surface area contributed by atoms with Crippen LogP contribution in [0.2, 0.25) is 0 Å². The van der Waals surface area contributed by atoms with Gasteiger partial charge in [-0.25, -0.2) is 0 Å². The van der Waals surface area contributed by atoms with Crippen molar-refractivity contribution in [1.82, 2.24) is 4.90 Å². The van der Waals surface area contributed by atoms with E-state index >= 15 is 0 Å². The van der Waals surface area contributed by atoms with Crippen molar-refractivity contribution >= 4 is 21.3 Å². The van der Waals surface area contributed by atoms with Crippen LogP contribution < -0.4 is 0 Å². The average molecular weight is 432 g/mol. The lowest BCUT2D eigenvalue weighted by Gasteiger charge is -2.40. The molecule has 3 rings (SSSR count). The molecule has 2 fully saturated rings. The SMILES string of the molecule is C=S(=O)(CCC1CCN(C(=O)C2(C)CCCCC2)CC1)c1ccc(C(C)(C)C)cc1. The fourth-order valence-electron chi connectivity index (χ4n) is 5.03. The summed E-state index contributed by atoms with van der Waals surface area (Å²) >= 11 is 0. The molecule has 0 bridgehead atoms. The molecule has 0 N–H and O–H groups in total. The Morgan fingerprint density at radius 2 is 1.67 bits per heavy atom. The van der Waals surface area contributed by atoms with Crippen molar-refractivity contribution in [1.29, 1.82) is 0 Å². The van der Waals surface area contributed by atoms with Gasteiger partial charge in [0.1, 0.15) is 0 Å². The lowest BCUT2D eigenvalue weighted by Crippen LogP contribution is -2.47. The van der Waals surface area contributed by atoms with Crippen LogP contribution in [0.5, 0.6) is 0 Å². The predicted octanol–water partition coefficient (Wildman–Crippen LogP) is 5.66. The Morgan fingerprint density at radius 3 is 2.20 bits per heavy atom. The van der Waals surface area contributed by atoms with Crippen LogP contribution >= 0.6 is 0 Å². The Morgan fingerprint density at radius 1 is 1.10 bits per heavy atom. The number of carbonyl (C=O) groups is 1. The Bertz CT molecular complexity index is 819. The monoisotopic (exact) mass is 431 g/mol. The fraction of sp³-hybridized carbons (Fsp3) is 0.692. The predicted molar refractivity (Wildman–Crippen MR) is 129 cm³/mol. The van der Waals surface area contributed by atoms with Crippen LogP contribution in [0.25, 0.3) is 0 Å².